The van der Waals surface area contributed by atoms with Gasteiger partial charge < -0.3 is 4.57 Å². The molecule has 2 nitrogen and oxygen atoms in total. The maximum atomic E-state index is 13.6. The molecular weight excluding hydrogens is 447 g/mol. The minimum absolute atomic E-state index is 0. The number of benzene rings is 1. The Hall–Kier alpha value is -0.206. The van der Waals surface area contributed by atoms with Gasteiger partial charge in [-0.2, -0.15) is 12.1 Å². The molecule has 2 rings (SSSR count). The number of hydrogen-bond acceptors (Lipinski definition) is 1. The second kappa shape index (κ2) is 6.50. The molecule has 1 radical (unpaired) electrons. The molecule has 0 amide bonds. The molecule has 0 fully saturated rings. The fourth-order valence-corrected chi connectivity index (χ4v) is 2.08. The van der Waals surface area contributed by atoms with Crippen molar-refractivity contribution in [1.29, 1.82) is 0 Å². The summed E-state index contributed by atoms with van der Waals surface area (Å²) in [4.78, 5) is 11.7. The quantitative estimate of drug-likeness (QED) is 0.481. The van der Waals surface area contributed by atoms with Crippen LogP contribution in [0.5, 0.6) is 0 Å². The summed E-state index contributed by atoms with van der Waals surface area (Å²) in [6.07, 6.45) is 0. The average Bonchev–Trinajstić information content (AvgIpc) is 2.28. The van der Waals surface area contributed by atoms with Gasteiger partial charge in [0, 0.05) is 39.8 Å². The summed E-state index contributed by atoms with van der Waals surface area (Å²) >= 11 is 1.80. The normalized spacial score (nSPS) is 10.2. The summed E-state index contributed by atoms with van der Waals surface area (Å²) in [6.45, 7) is 0. The zero-order chi connectivity index (χ0) is 13.4. The van der Waals surface area contributed by atoms with Crippen LogP contribution >= 0.6 is 22.6 Å². The summed E-state index contributed by atoms with van der Waals surface area (Å²) in [5.41, 5.74) is -0.921. The van der Waals surface area contributed by atoms with Crippen molar-refractivity contribution in [3.05, 3.63) is 55.6 Å². The summed E-state index contributed by atoms with van der Waals surface area (Å²) in [7, 11) is 1.37. The van der Waals surface area contributed by atoms with Crippen molar-refractivity contribution in [2.24, 2.45) is 7.05 Å². The predicted molar refractivity (Wildman–Crippen MR) is 68.5 cm³/mol. The first-order chi connectivity index (χ1) is 8.41. The van der Waals surface area contributed by atoms with Gasteiger partial charge in [0.1, 0.15) is 5.82 Å². The van der Waals surface area contributed by atoms with Crippen molar-refractivity contribution in [3.8, 4) is 11.3 Å². The first-order valence-electron chi connectivity index (χ1n) is 4.84. The van der Waals surface area contributed by atoms with Gasteiger partial charge in [0.2, 0.25) is 5.56 Å². The van der Waals surface area contributed by atoms with Gasteiger partial charge in [0.15, 0.2) is 0 Å². The molecule has 0 saturated carbocycles. The minimum Gasteiger partial charge on any atom is -0.344 e. The standard InChI is InChI=1S/C12H6F3INO.Y/c1-17-10(3-2-9(16)12(17)18)11-7(14)4-6(13)5-8(11)15;/h2,4-5H,1H3;/q-1;. The Kier molecular flexibility index (Phi) is 5.76. The Morgan fingerprint density at radius 1 is 1.21 bits per heavy atom. The van der Waals surface area contributed by atoms with Gasteiger partial charge in [-0.1, -0.05) is 5.69 Å². The monoisotopic (exact) mass is 453 g/mol. The van der Waals surface area contributed by atoms with E-state index in [1.165, 1.54) is 13.1 Å². The first-order valence-corrected chi connectivity index (χ1v) is 5.92. The Labute approximate surface area is 146 Å². The van der Waals surface area contributed by atoms with E-state index in [9.17, 15) is 18.0 Å². The summed E-state index contributed by atoms with van der Waals surface area (Å²) in [5.74, 6) is -3.15. The van der Waals surface area contributed by atoms with Crippen molar-refractivity contribution in [3.63, 3.8) is 0 Å². The fraction of sp³-hybridized carbons (Fsp3) is 0.0833. The Morgan fingerprint density at radius 2 is 1.74 bits per heavy atom. The first kappa shape index (κ1) is 16.8. The third kappa shape index (κ3) is 3.28. The molecule has 0 atom stereocenters. The van der Waals surface area contributed by atoms with Crippen molar-refractivity contribution < 1.29 is 45.9 Å². The van der Waals surface area contributed by atoms with Gasteiger partial charge in [-0.25, -0.2) is 13.2 Å². The second-order valence-electron chi connectivity index (χ2n) is 3.59. The molecule has 0 bridgehead atoms. The molecule has 0 spiro atoms. The zero-order valence-electron chi connectivity index (χ0n) is 9.68. The molecule has 19 heavy (non-hydrogen) atoms. The summed E-state index contributed by atoms with van der Waals surface area (Å²) in [5, 5.41) is 0. The van der Waals surface area contributed by atoms with E-state index in [-0.39, 0.29) is 38.4 Å². The van der Waals surface area contributed by atoms with Crippen molar-refractivity contribution in [2.45, 2.75) is 0 Å². The van der Waals surface area contributed by atoms with Crippen molar-refractivity contribution in [1.82, 2.24) is 4.57 Å². The maximum Gasteiger partial charge on any atom is 0.207 e. The molecule has 0 N–H and O–H groups in total. The van der Waals surface area contributed by atoms with Gasteiger partial charge >= 0.3 is 0 Å². The molecular formula is C12H6F3INOY-. The van der Waals surface area contributed by atoms with Gasteiger partial charge in [0.25, 0.3) is 0 Å². The van der Waals surface area contributed by atoms with Crippen LogP contribution in [0.4, 0.5) is 13.2 Å². The number of aromatic nitrogens is 1. The van der Waals surface area contributed by atoms with Gasteiger partial charge in [-0.3, -0.25) is 4.79 Å². The van der Waals surface area contributed by atoms with Crippen LogP contribution in [0.25, 0.3) is 11.3 Å². The van der Waals surface area contributed by atoms with Crippen LogP contribution in [-0.2, 0) is 39.8 Å². The third-order valence-corrected chi connectivity index (χ3v) is 3.20. The van der Waals surface area contributed by atoms with Gasteiger partial charge in [-0.15, -0.1) is 22.6 Å². The molecule has 0 aliphatic rings. The van der Waals surface area contributed by atoms with Crippen LogP contribution < -0.4 is 5.56 Å². The number of rotatable bonds is 1. The average molecular weight is 453 g/mol. The minimum atomic E-state index is -1.07. The summed E-state index contributed by atoms with van der Waals surface area (Å²) in [6, 6.07) is 5.08. The van der Waals surface area contributed by atoms with E-state index >= 15 is 0 Å². The fourth-order valence-electron chi connectivity index (χ4n) is 1.56. The third-order valence-electron chi connectivity index (χ3n) is 2.42. The number of pyridine rings is 1. The van der Waals surface area contributed by atoms with Crippen molar-refractivity contribution in [2.75, 3.05) is 0 Å². The second-order valence-corrected chi connectivity index (χ2v) is 4.76. The van der Waals surface area contributed by atoms with Crippen LogP contribution in [0, 0.1) is 27.1 Å². The molecule has 0 aliphatic heterocycles. The van der Waals surface area contributed by atoms with E-state index < -0.39 is 28.6 Å². The van der Waals surface area contributed by atoms with E-state index in [1.54, 1.807) is 22.6 Å². The molecule has 7 heteroatoms. The van der Waals surface area contributed by atoms with Gasteiger partial charge in [-0.05, 0) is 21.3 Å². The van der Waals surface area contributed by atoms with E-state index in [2.05, 4.69) is 6.07 Å². The zero-order valence-corrected chi connectivity index (χ0v) is 14.7. The maximum absolute atomic E-state index is 13.6. The molecule has 0 saturated heterocycles. The molecule has 1 aromatic heterocycles. The number of halogens is 4. The molecule has 1 aromatic carbocycles. The van der Waals surface area contributed by atoms with E-state index in [0.29, 0.717) is 15.7 Å². The van der Waals surface area contributed by atoms with E-state index in [0.717, 1.165) is 4.57 Å². The van der Waals surface area contributed by atoms with Crippen LogP contribution in [0.15, 0.2) is 23.0 Å². The largest absolute Gasteiger partial charge is 0.344 e. The van der Waals surface area contributed by atoms with Crippen LogP contribution in [-0.4, -0.2) is 4.57 Å². The topological polar surface area (TPSA) is 22.0 Å². The van der Waals surface area contributed by atoms with Crippen molar-refractivity contribution >= 4 is 22.6 Å². The number of hydrogen-bond donors (Lipinski definition) is 0. The van der Waals surface area contributed by atoms with Gasteiger partial charge in [0.05, 0.1) is 11.6 Å². The Morgan fingerprint density at radius 3 is 2.26 bits per heavy atom. The van der Waals surface area contributed by atoms with Crippen LogP contribution in [0.2, 0.25) is 0 Å². The molecule has 0 unspecified atom stereocenters. The molecule has 0 aliphatic carbocycles. The molecule has 2 aromatic rings. The summed E-state index contributed by atoms with van der Waals surface area (Å²) < 4.78 is 41.4. The smallest absolute Gasteiger partial charge is 0.207 e. The van der Waals surface area contributed by atoms with E-state index in [1.807, 2.05) is 0 Å². The predicted octanol–water partition coefficient (Wildman–Crippen LogP) is 2.87. The Bertz CT molecular complexity index is 664. The van der Waals surface area contributed by atoms with E-state index in [4.69, 9.17) is 0 Å². The molecule has 97 valence electrons. The molecule has 1 heterocycles. The van der Waals surface area contributed by atoms with Crippen LogP contribution in [0.3, 0.4) is 0 Å². The Balaban J connectivity index is 0.00000180. The SMILES string of the molecule is Cn1c(-c2c(F)cc(F)cc2F)[c-]cc(I)c1=O.[Y]. The number of nitrogens with zero attached hydrogens (tertiary/aromatic N) is 1. The van der Waals surface area contributed by atoms with Crippen LogP contribution in [0.1, 0.15) is 0 Å².